The molecule has 0 spiro atoms. The van der Waals surface area contributed by atoms with Gasteiger partial charge in [0.1, 0.15) is 17.3 Å². The molecule has 3 fully saturated rings. The lowest BCUT2D eigenvalue weighted by atomic mass is 10.0. The molecule has 5 rings (SSSR count). The van der Waals surface area contributed by atoms with Gasteiger partial charge in [-0.1, -0.05) is 6.92 Å². The summed E-state index contributed by atoms with van der Waals surface area (Å²) < 4.78 is 11.3. The number of hydrogen-bond donors (Lipinski definition) is 1. The van der Waals surface area contributed by atoms with Gasteiger partial charge in [-0.05, 0) is 74.4 Å². The standard InChI is InChI=1S/C25H33N3O3/c1-17-15-23(17)24-10-9-22(31-24)16-28(20-3-4-20)25(29)26-18-11-13-27(14-12-18)19-5-7-21(30-2)8-6-19/h5-10,17-18,20,23H,3-4,11-16H2,1-2H3,(H,26,29). The highest BCUT2D eigenvalue weighted by Gasteiger charge is 2.38. The van der Waals surface area contributed by atoms with Crippen molar-refractivity contribution in [3.8, 4) is 5.75 Å². The van der Waals surface area contributed by atoms with Gasteiger partial charge >= 0.3 is 6.03 Å². The first-order chi connectivity index (χ1) is 15.1. The predicted octanol–water partition coefficient (Wildman–Crippen LogP) is 4.75. The van der Waals surface area contributed by atoms with E-state index in [0.29, 0.717) is 18.5 Å². The number of piperidine rings is 1. The highest BCUT2D eigenvalue weighted by molar-refractivity contribution is 5.75. The van der Waals surface area contributed by atoms with E-state index in [-0.39, 0.29) is 12.1 Å². The van der Waals surface area contributed by atoms with Gasteiger partial charge in [0.15, 0.2) is 0 Å². The van der Waals surface area contributed by atoms with Gasteiger partial charge in [-0.3, -0.25) is 0 Å². The van der Waals surface area contributed by atoms with E-state index in [4.69, 9.17) is 9.15 Å². The van der Waals surface area contributed by atoms with Crippen molar-refractivity contribution >= 4 is 11.7 Å². The van der Waals surface area contributed by atoms with Crippen LogP contribution in [0, 0.1) is 5.92 Å². The van der Waals surface area contributed by atoms with Crippen LogP contribution in [0.15, 0.2) is 40.8 Å². The number of urea groups is 1. The number of carbonyl (C=O) groups excluding carboxylic acids is 1. The molecule has 2 unspecified atom stereocenters. The Bertz CT molecular complexity index is 897. The molecule has 2 saturated carbocycles. The molecule has 2 heterocycles. The second-order valence-corrected chi connectivity index (χ2v) is 9.39. The first kappa shape index (κ1) is 20.3. The number of rotatable bonds is 7. The highest BCUT2D eigenvalue weighted by atomic mass is 16.5. The molecule has 2 amide bonds. The average Bonchev–Trinajstić information content (AvgIpc) is 3.72. The van der Waals surface area contributed by atoms with Crippen molar-refractivity contribution < 1.29 is 13.9 Å². The molecule has 0 bridgehead atoms. The van der Waals surface area contributed by atoms with E-state index in [1.165, 1.54) is 12.1 Å². The van der Waals surface area contributed by atoms with Gasteiger partial charge in [0, 0.05) is 36.8 Å². The summed E-state index contributed by atoms with van der Waals surface area (Å²) in [5.74, 6) is 4.18. The first-order valence-corrected chi connectivity index (χ1v) is 11.7. The number of carbonyl (C=O) groups is 1. The van der Waals surface area contributed by atoms with Crippen LogP contribution in [0.2, 0.25) is 0 Å². The second-order valence-electron chi connectivity index (χ2n) is 9.39. The maximum Gasteiger partial charge on any atom is 0.318 e. The van der Waals surface area contributed by atoms with Crippen LogP contribution >= 0.6 is 0 Å². The number of nitrogens with zero attached hydrogens (tertiary/aromatic N) is 2. The third kappa shape index (κ3) is 4.68. The maximum atomic E-state index is 13.1. The molecule has 1 saturated heterocycles. The van der Waals surface area contributed by atoms with Crippen molar-refractivity contribution in [3.05, 3.63) is 47.9 Å². The molecule has 2 atom stereocenters. The summed E-state index contributed by atoms with van der Waals surface area (Å²) >= 11 is 0. The fourth-order valence-corrected chi connectivity index (χ4v) is 4.65. The Hall–Kier alpha value is -2.63. The third-order valence-electron chi connectivity index (χ3n) is 6.99. The quantitative estimate of drug-likeness (QED) is 0.698. The normalized spacial score (nSPS) is 23.5. The van der Waals surface area contributed by atoms with Crippen molar-refractivity contribution in [2.75, 3.05) is 25.1 Å². The molecule has 31 heavy (non-hydrogen) atoms. The van der Waals surface area contributed by atoms with E-state index in [1.54, 1.807) is 7.11 Å². The molecule has 1 aromatic heterocycles. The van der Waals surface area contributed by atoms with Crippen LogP contribution in [0.4, 0.5) is 10.5 Å². The molecular formula is C25H33N3O3. The van der Waals surface area contributed by atoms with Crippen molar-refractivity contribution in [1.82, 2.24) is 10.2 Å². The zero-order valence-electron chi connectivity index (χ0n) is 18.5. The number of amides is 2. The van der Waals surface area contributed by atoms with Gasteiger partial charge < -0.3 is 24.3 Å². The number of benzene rings is 1. The van der Waals surface area contributed by atoms with Gasteiger partial charge in [-0.2, -0.15) is 0 Å². The number of furan rings is 1. The smallest absolute Gasteiger partial charge is 0.318 e. The summed E-state index contributed by atoms with van der Waals surface area (Å²) in [6.45, 7) is 4.72. The Morgan fingerprint density at radius 2 is 1.84 bits per heavy atom. The number of methoxy groups -OCH3 is 1. The van der Waals surface area contributed by atoms with Crippen molar-refractivity contribution in [2.24, 2.45) is 5.92 Å². The summed E-state index contributed by atoms with van der Waals surface area (Å²) in [5, 5.41) is 3.30. The largest absolute Gasteiger partial charge is 0.497 e. The van der Waals surface area contributed by atoms with Crippen molar-refractivity contribution in [3.63, 3.8) is 0 Å². The van der Waals surface area contributed by atoms with Gasteiger partial charge in [0.2, 0.25) is 0 Å². The van der Waals surface area contributed by atoms with Gasteiger partial charge in [0.05, 0.1) is 13.7 Å². The van der Waals surface area contributed by atoms with E-state index in [2.05, 4.69) is 41.4 Å². The molecule has 1 aliphatic heterocycles. The molecule has 2 aliphatic carbocycles. The minimum absolute atomic E-state index is 0.0585. The molecule has 6 heteroatoms. The monoisotopic (exact) mass is 423 g/mol. The Morgan fingerprint density at radius 3 is 2.45 bits per heavy atom. The van der Waals surface area contributed by atoms with Crippen LogP contribution in [0.3, 0.4) is 0 Å². The fraction of sp³-hybridized carbons (Fsp3) is 0.560. The Kier molecular flexibility index (Phi) is 5.55. The fourth-order valence-electron chi connectivity index (χ4n) is 4.65. The molecule has 3 aliphatic rings. The molecule has 166 valence electrons. The summed E-state index contributed by atoms with van der Waals surface area (Å²) in [7, 11) is 1.69. The molecular weight excluding hydrogens is 390 g/mol. The van der Waals surface area contributed by atoms with Crippen LogP contribution in [-0.2, 0) is 6.54 Å². The van der Waals surface area contributed by atoms with Gasteiger partial charge in [0.25, 0.3) is 0 Å². The van der Waals surface area contributed by atoms with E-state index in [1.807, 2.05) is 17.0 Å². The van der Waals surface area contributed by atoms with Crippen LogP contribution in [0.1, 0.15) is 56.5 Å². The summed E-state index contributed by atoms with van der Waals surface area (Å²) in [4.78, 5) is 17.4. The second kappa shape index (κ2) is 8.48. The number of nitrogens with one attached hydrogen (secondary N) is 1. The lowest BCUT2D eigenvalue weighted by Crippen LogP contribution is -2.49. The van der Waals surface area contributed by atoms with Crippen LogP contribution < -0.4 is 15.0 Å². The summed E-state index contributed by atoms with van der Waals surface area (Å²) in [5.41, 5.74) is 1.21. The Labute approximate surface area is 184 Å². The van der Waals surface area contributed by atoms with Crippen molar-refractivity contribution in [1.29, 1.82) is 0 Å². The predicted molar refractivity (Wildman–Crippen MR) is 121 cm³/mol. The van der Waals surface area contributed by atoms with E-state index < -0.39 is 0 Å². The SMILES string of the molecule is COc1ccc(N2CCC(NC(=O)N(Cc3ccc(C4CC4C)o3)C3CC3)CC2)cc1. The maximum absolute atomic E-state index is 13.1. The topological polar surface area (TPSA) is 58.0 Å². The lowest BCUT2D eigenvalue weighted by Gasteiger charge is -2.35. The first-order valence-electron chi connectivity index (χ1n) is 11.7. The third-order valence-corrected chi connectivity index (χ3v) is 6.99. The van der Waals surface area contributed by atoms with Crippen LogP contribution in [-0.4, -0.2) is 43.2 Å². The van der Waals surface area contributed by atoms with Gasteiger partial charge in [-0.25, -0.2) is 4.79 Å². The number of hydrogen-bond acceptors (Lipinski definition) is 4. The van der Waals surface area contributed by atoms with Crippen molar-refractivity contribution in [2.45, 2.75) is 63.6 Å². The molecule has 1 N–H and O–H groups in total. The minimum Gasteiger partial charge on any atom is -0.497 e. The minimum atomic E-state index is 0.0585. The van der Waals surface area contributed by atoms with E-state index >= 15 is 0 Å². The lowest BCUT2D eigenvalue weighted by molar-refractivity contribution is 0.180. The van der Waals surface area contributed by atoms with Gasteiger partial charge in [-0.15, -0.1) is 0 Å². The van der Waals surface area contributed by atoms with Crippen LogP contribution in [0.25, 0.3) is 0 Å². The Balaban J connectivity index is 1.14. The molecule has 0 radical (unpaired) electrons. The zero-order valence-corrected chi connectivity index (χ0v) is 18.5. The molecule has 6 nitrogen and oxygen atoms in total. The average molecular weight is 424 g/mol. The van der Waals surface area contributed by atoms with E-state index in [0.717, 1.165) is 62.0 Å². The summed E-state index contributed by atoms with van der Waals surface area (Å²) in [6, 6.07) is 13.0. The van der Waals surface area contributed by atoms with Crippen LogP contribution in [0.5, 0.6) is 5.75 Å². The molecule has 2 aromatic rings. The molecule has 1 aromatic carbocycles. The highest BCUT2D eigenvalue weighted by Crippen LogP contribution is 2.47. The Morgan fingerprint density at radius 1 is 1.13 bits per heavy atom. The zero-order chi connectivity index (χ0) is 21.4. The number of anilines is 1. The van der Waals surface area contributed by atoms with E-state index in [9.17, 15) is 4.79 Å². The summed E-state index contributed by atoms with van der Waals surface area (Å²) in [6.07, 6.45) is 5.32. The number of ether oxygens (including phenoxy) is 1.